The minimum atomic E-state index is -0.451. The highest BCUT2D eigenvalue weighted by Gasteiger charge is 2.11. The van der Waals surface area contributed by atoms with Gasteiger partial charge >= 0.3 is 0 Å². The first-order valence-electron chi connectivity index (χ1n) is 4.91. The maximum Gasteiger partial charge on any atom is 0.172 e. The minimum Gasteiger partial charge on any atom is -0.409 e. The third-order valence-electron chi connectivity index (χ3n) is 2.43. The number of nitrogens with two attached hydrogens (primary N) is 1. The van der Waals surface area contributed by atoms with Gasteiger partial charge < -0.3 is 15.5 Å². The molecule has 0 saturated heterocycles. The smallest absolute Gasteiger partial charge is 0.172 e. The average Bonchev–Trinajstić information content (AvgIpc) is 2.74. The summed E-state index contributed by atoms with van der Waals surface area (Å²) in [5, 5.41) is 11.6. The van der Waals surface area contributed by atoms with Crippen LogP contribution in [0.15, 0.2) is 35.7 Å². The fraction of sp³-hybridized carbons (Fsp3) is 0.0909. The van der Waals surface area contributed by atoms with Crippen molar-refractivity contribution in [2.24, 2.45) is 10.9 Å². The van der Waals surface area contributed by atoms with Gasteiger partial charge in [0.1, 0.15) is 11.6 Å². The maximum atomic E-state index is 13.2. The van der Waals surface area contributed by atoms with Crippen LogP contribution in [0, 0.1) is 12.7 Å². The summed E-state index contributed by atoms with van der Waals surface area (Å²) < 4.78 is 14.9. The number of imidazole rings is 1. The fourth-order valence-corrected chi connectivity index (χ4v) is 1.61. The molecule has 1 aromatic carbocycles. The van der Waals surface area contributed by atoms with E-state index in [1.165, 1.54) is 12.1 Å². The van der Waals surface area contributed by atoms with Crippen molar-refractivity contribution in [3.63, 3.8) is 0 Å². The first-order valence-corrected chi connectivity index (χ1v) is 4.91. The lowest BCUT2D eigenvalue weighted by molar-refractivity contribution is 0.318. The molecule has 2 rings (SSSR count). The van der Waals surface area contributed by atoms with Gasteiger partial charge in [-0.3, -0.25) is 0 Å². The second-order valence-electron chi connectivity index (χ2n) is 3.49. The summed E-state index contributed by atoms with van der Waals surface area (Å²) in [6.45, 7) is 1.80. The molecule has 5 nitrogen and oxygen atoms in total. The van der Waals surface area contributed by atoms with Crippen molar-refractivity contribution < 1.29 is 9.60 Å². The Kier molecular flexibility index (Phi) is 2.78. The predicted octanol–water partition coefficient (Wildman–Crippen LogP) is 1.41. The first kappa shape index (κ1) is 11.1. The van der Waals surface area contributed by atoms with E-state index in [0.29, 0.717) is 11.3 Å². The molecule has 0 saturated carbocycles. The van der Waals surface area contributed by atoms with Crippen LogP contribution in [-0.2, 0) is 0 Å². The van der Waals surface area contributed by atoms with Crippen molar-refractivity contribution >= 4 is 5.84 Å². The molecule has 0 unspecified atom stereocenters. The zero-order valence-corrected chi connectivity index (χ0v) is 9.13. The van der Waals surface area contributed by atoms with Crippen molar-refractivity contribution in [2.45, 2.75) is 6.92 Å². The van der Waals surface area contributed by atoms with Gasteiger partial charge in [0.25, 0.3) is 0 Å². The van der Waals surface area contributed by atoms with Crippen LogP contribution >= 0.6 is 0 Å². The highest BCUT2D eigenvalue weighted by Crippen LogP contribution is 2.17. The zero-order chi connectivity index (χ0) is 12.4. The molecule has 0 aliphatic rings. The Morgan fingerprint density at radius 1 is 1.53 bits per heavy atom. The summed E-state index contributed by atoms with van der Waals surface area (Å²) in [6.07, 6.45) is 3.34. The Bertz CT molecular complexity index is 577. The molecule has 1 aromatic heterocycles. The third-order valence-corrected chi connectivity index (χ3v) is 2.43. The van der Waals surface area contributed by atoms with Gasteiger partial charge in [-0.15, -0.1) is 0 Å². The Morgan fingerprint density at radius 3 is 2.88 bits per heavy atom. The van der Waals surface area contributed by atoms with Gasteiger partial charge in [0.2, 0.25) is 0 Å². The molecule has 0 aliphatic heterocycles. The lowest BCUT2D eigenvalue weighted by Crippen LogP contribution is -2.17. The third kappa shape index (κ3) is 1.96. The van der Waals surface area contributed by atoms with Crippen LogP contribution in [-0.4, -0.2) is 20.6 Å². The molecule has 0 spiro atoms. The molecule has 1 heterocycles. The molecule has 6 heteroatoms. The van der Waals surface area contributed by atoms with Crippen molar-refractivity contribution in [1.29, 1.82) is 0 Å². The van der Waals surface area contributed by atoms with Crippen molar-refractivity contribution in [3.8, 4) is 5.69 Å². The lowest BCUT2D eigenvalue weighted by Gasteiger charge is -2.10. The van der Waals surface area contributed by atoms with E-state index in [1.54, 1.807) is 30.0 Å². The summed E-state index contributed by atoms with van der Waals surface area (Å²) >= 11 is 0. The second-order valence-corrected chi connectivity index (χ2v) is 3.49. The Balaban J connectivity index is 2.66. The summed E-state index contributed by atoms with van der Waals surface area (Å²) in [5.41, 5.74) is 6.44. The molecule has 2 aromatic rings. The van der Waals surface area contributed by atoms with E-state index < -0.39 is 5.82 Å². The first-order chi connectivity index (χ1) is 8.13. The van der Waals surface area contributed by atoms with Crippen molar-refractivity contribution in [1.82, 2.24) is 9.55 Å². The van der Waals surface area contributed by atoms with Crippen LogP contribution in [0.25, 0.3) is 5.69 Å². The van der Waals surface area contributed by atoms with Gasteiger partial charge in [-0.05, 0) is 25.1 Å². The summed E-state index contributed by atoms with van der Waals surface area (Å²) in [6, 6.07) is 4.07. The zero-order valence-electron chi connectivity index (χ0n) is 9.13. The van der Waals surface area contributed by atoms with Crippen molar-refractivity contribution in [3.05, 3.63) is 47.8 Å². The van der Waals surface area contributed by atoms with Crippen LogP contribution in [0.1, 0.15) is 11.4 Å². The van der Waals surface area contributed by atoms with E-state index in [2.05, 4.69) is 10.1 Å². The van der Waals surface area contributed by atoms with Crippen LogP contribution in [0.4, 0.5) is 4.39 Å². The number of nitrogens with zero attached hydrogens (tertiary/aromatic N) is 3. The highest BCUT2D eigenvalue weighted by molar-refractivity contribution is 6.00. The number of amidine groups is 1. The van der Waals surface area contributed by atoms with E-state index in [-0.39, 0.29) is 5.84 Å². The van der Waals surface area contributed by atoms with Crippen LogP contribution < -0.4 is 5.73 Å². The van der Waals surface area contributed by atoms with E-state index in [1.807, 2.05) is 0 Å². The van der Waals surface area contributed by atoms with Crippen LogP contribution in [0.5, 0.6) is 0 Å². The number of benzene rings is 1. The lowest BCUT2D eigenvalue weighted by atomic mass is 10.1. The highest BCUT2D eigenvalue weighted by atomic mass is 19.1. The molecule has 0 aliphatic carbocycles. The van der Waals surface area contributed by atoms with Gasteiger partial charge in [-0.25, -0.2) is 9.37 Å². The van der Waals surface area contributed by atoms with Gasteiger partial charge in [-0.1, -0.05) is 5.16 Å². The molecule has 17 heavy (non-hydrogen) atoms. The van der Waals surface area contributed by atoms with Crippen molar-refractivity contribution in [2.75, 3.05) is 0 Å². The van der Waals surface area contributed by atoms with Crippen LogP contribution in [0.2, 0.25) is 0 Å². The molecule has 0 atom stereocenters. The Hall–Kier alpha value is -2.37. The number of hydrogen-bond donors (Lipinski definition) is 2. The average molecular weight is 234 g/mol. The topological polar surface area (TPSA) is 76.4 Å². The minimum absolute atomic E-state index is 0.146. The SMILES string of the molecule is Cc1nccn1-c1ccc(F)cc1C(N)=NO. The normalized spacial score (nSPS) is 11.8. The van der Waals surface area contributed by atoms with Crippen LogP contribution in [0.3, 0.4) is 0 Å². The van der Waals surface area contributed by atoms with E-state index in [9.17, 15) is 4.39 Å². The quantitative estimate of drug-likeness (QED) is 0.357. The van der Waals surface area contributed by atoms with Gasteiger partial charge in [0.15, 0.2) is 5.84 Å². The van der Waals surface area contributed by atoms with E-state index in [4.69, 9.17) is 10.9 Å². The van der Waals surface area contributed by atoms with E-state index in [0.717, 1.165) is 5.82 Å². The number of aryl methyl sites for hydroxylation is 1. The number of oxime groups is 1. The molecule has 0 radical (unpaired) electrons. The molecule has 3 N–H and O–H groups in total. The molecule has 0 amide bonds. The number of halogens is 1. The number of aromatic nitrogens is 2. The van der Waals surface area contributed by atoms with Gasteiger partial charge in [-0.2, -0.15) is 0 Å². The predicted molar refractivity (Wildman–Crippen MR) is 60.8 cm³/mol. The summed E-state index contributed by atoms with van der Waals surface area (Å²) in [5.74, 6) is 0.129. The molecule has 88 valence electrons. The molecular formula is C11H11FN4O. The van der Waals surface area contributed by atoms with E-state index >= 15 is 0 Å². The summed E-state index contributed by atoms with van der Waals surface area (Å²) in [7, 11) is 0. The molecule has 0 fully saturated rings. The largest absolute Gasteiger partial charge is 0.409 e. The maximum absolute atomic E-state index is 13.2. The Labute approximate surface area is 97.0 Å². The van der Waals surface area contributed by atoms with Gasteiger partial charge in [0.05, 0.1) is 5.69 Å². The van der Waals surface area contributed by atoms with Gasteiger partial charge in [0, 0.05) is 18.0 Å². The molecule has 0 bridgehead atoms. The number of rotatable bonds is 2. The standard InChI is InChI=1S/C11H11FN4O/c1-7-14-4-5-16(7)10-3-2-8(12)6-9(10)11(13)15-17/h2-6,17H,1H3,(H2,13,15). The number of hydrogen-bond acceptors (Lipinski definition) is 3. The fourth-order valence-electron chi connectivity index (χ4n) is 1.61. The molecular weight excluding hydrogens is 223 g/mol. The monoisotopic (exact) mass is 234 g/mol. The second kappa shape index (κ2) is 4.25. The Morgan fingerprint density at radius 2 is 2.29 bits per heavy atom. The summed E-state index contributed by atoms with van der Waals surface area (Å²) in [4.78, 5) is 4.07.